The summed E-state index contributed by atoms with van der Waals surface area (Å²) in [6, 6.07) is 0.266. The van der Waals surface area contributed by atoms with E-state index in [1.165, 1.54) is 12.8 Å². The highest BCUT2D eigenvalue weighted by molar-refractivity contribution is 5.83. The third kappa shape index (κ3) is 8.35. The summed E-state index contributed by atoms with van der Waals surface area (Å²) in [6.45, 7) is 9.69. The SMILES string of the molecule is CC(C)OCCCNC(=O)CCC(=O)NC1CCCC(C)C1C. The highest BCUT2D eigenvalue weighted by Crippen LogP contribution is 2.29. The Balaban J connectivity index is 2.11. The molecule has 134 valence electrons. The van der Waals surface area contributed by atoms with Crippen LogP contribution in [0.25, 0.3) is 0 Å². The van der Waals surface area contributed by atoms with Gasteiger partial charge in [-0.15, -0.1) is 0 Å². The van der Waals surface area contributed by atoms with Crippen LogP contribution in [0.4, 0.5) is 0 Å². The minimum absolute atomic E-state index is 0.00533. The van der Waals surface area contributed by atoms with E-state index < -0.39 is 0 Å². The van der Waals surface area contributed by atoms with Gasteiger partial charge in [0.15, 0.2) is 0 Å². The van der Waals surface area contributed by atoms with Crippen LogP contribution in [0.5, 0.6) is 0 Å². The quantitative estimate of drug-likeness (QED) is 0.640. The lowest BCUT2D eigenvalue weighted by molar-refractivity contribution is -0.127. The zero-order valence-electron chi connectivity index (χ0n) is 15.2. The van der Waals surface area contributed by atoms with Crippen molar-refractivity contribution in [2.24, 2.45) is 11.8 Å². The molecule has 2 amide bonds. The van der Waals surface area contributed by atoms with Crippen molar-refractivity contribution in [3.05, 3.63) is 0 Å². The molecule has 0 aromatic rings. The molecule has 0 aromatic carbocycles. The van der Waals surface area contributed by atoms with Crippen LogP contribution in [0.15, 0.2) is 0 Å². The third-order valence-electron chi connectivity index (χ3n) is 4.73. The predicted molar refractivity (Wildman–Crippen MR) is 92.1 cm³/mol. The maximum absolute atomic E-state index is 12.0. The highest BCUT2D eigenvalue weighted by atomic mass is 16.5. The topological polar surface area (TPSA) is 67.4 Å². The third-order valence-corrected chi connectivity index (χ3v) is 4.73. The van der Waals surface area contributed by atoms with Gasteiger partial charge < -0.3 is 15.4 Å². The number of carbonyl (C=O) groups excluding carboxylic acids is 2. The summed E-state index contributed by atoms with van der Waals surface area (Å²) in [4.78, 5) is 23.7. The average Bonchev–Trinajstić information content (AvgIpc) is 2.49. The Bertz CT molecular complexity index is 371. The van der Waals surface area contributed by atoms with Gasteiger partial charge in [-0.2, -0.15) is 0 Å². The average molecular weight is 326 g/mol. The Hall–Kier alpha value is -1.10. The van der Waals surface area contributed by atoms with Gasteiger partial charge in [-0.3, -0.25) is 9.59 Å². The fraction of sp³-hybridized carbons (Fsp3) is 0.889. The van der Waals surface area contributed by atoms with Gasteiger partial charge >= 0.3 is 0 Å². The first-order chi connectivity index (χ1) is 10.9. The van der Waals surface area contributed by atoms with E-state index in [1.807, 2.05) is 13.8 Å². The lowest BCUT2D eigenvalue weighted by atomic mass is 9.78. The van der Waals surface area contributed by atoms with Gasteiger partial charge in [-0.1, -0.05) is 26.7 Å². The first-order valence-corrected chi connectivity index (χ1v) is 9.07. The fourth-order valence-electron chi connectivity index (χ4n) is 3.00. The van der Waals surface area contributed by atoms with Crippen molar-refractivity contribution in [2.45, 2.75) is 78.4 Å². The molecule has 5 nitrogen and oxygen atoms in total. The number of ether oxygens (including phenoxy) is 1. The summed E-state index contributed by atoms with van der Waals surface area (Å²) in [7, 11) is 0. The van der Waals surface area contributed by atoms with Gasteiger partial charge in [0.2, 0.25) is 11.8 Å². The van der Waals surface area contributed by atoms with Crippen molar-refractivity contribution in [1.82, 2.24) is 10.6 Å². The van der Waals surface area contributed by atoms with Crippen LogP contribution in [-0.4, -0.2) is 37.1 Å². The summed E-state index contributed by atoms with van der Waals surface area (Å²) in [5.74, 6) is 1.11. The Kier molecular flexibility index (Phi) is 9.22. The van der Waals surface area contributed by atoms with E-state index in [-0.39, 0.29) is 36.8 Å². The van der Waals surface area contributed by atoms with Gasteiger partial charge in [0.1, 0.15) is 0 Å². The van der Waals surface area contributed by atoms with Crippen LogP contribution in [0, 0.1) is 11.8 Å². The summed E-state index contributed by atoms with van der Waals surface area (Å²) < 4.78 is 5.41. The Morgan fingerprint density at radius 3 is 2.52 bits per heavy atom. The molecule has 1 aliphatic rings. The molecule has 3 atom stereocenters. The molecule has 1 rings (SSSR count). The molecular formula is C18H34N2O3. The Morgan fingerprint density at radius 2 is 1.83 bits per heavy atom. The van der Waals surface area contributed by atoms with Crippen LogP contribution < -0.4 is 10.6 Å². The minimum atomic E-state index is -0.0604. The zero-order valence-corrected chi connectivity index (χ0v) is 15.2. The molecule has 1 fully saturated rings. The summed E-state index contributed by atoms with van der Waals surface area (Å²) >= 11 is 0. The first kappa shape index (κ1) is 19.9. The van der Waals surface area contributed by atoms with Crippen LogP contribution in [0.3, 0.4) is 0 Å². The monoisotopic (exact) mass is 326 g/mol. The lowest BCUT2D eigenvalue weighted by Gasteiger charge is -2.34. The van der Waals surface area contributed by atoms with Crippen LogP contribution in [-0.2, 0) is 14.3 Å². The molecule has 2 N–H and O–H groups in total. The number of nitrogens with one attached hydrogen (secondary N) is 2. The van der Waals surface area contributed by atoms with Gasteiger partial charge in [0.25, 0.3) is 0 Å². The van der Waals surface area contributed by atoms with Crippen molar-refractivity contribution in [2.75, 3.05) is 13.2 Å². The molecule has 1 aliphatic carbocycles. The van der Waals surface area contributed by atoms with Crippen LogP contribution in [0.1, 0.15) is 66.2 Å². The van der Waals surface area contributed by atoms with E-state index in [9.17, 15) is 9.59 Å². The number of rotatable bonds is 9. The fourth-order valence-corrected chi connectivity index (χ4v) is 3.00. The summed E-state index contributed by atoms with van der Waals surface area (Å²) in [5, 5.41) is 5.94. The van der Waals surface area contributed by atoms with E-state index in [1.54, 1.807) is 0 Å². The van der Waals surface area contributed by atoms with E-state index in [0.29, 0.717) is 25.0 Å². The lowest BCUT2D eigenvalue weighted by Crippen LogP contribution is -2.43. The molecule has 0 aliphatic heterocycles. The van der Waals surface area contributed by atoms with Crippen molar-refractivity contribution in [1.29, 1.82) is 0 Å². The Morgan fingerprint density at radius 1 is 1.13 bits per heavy atom. The minimum Gasteiger partial charge on any atom is -0.379 e. The zero-order chi connectivity index (χ0) is 17.2. The molecule has 0 heterocycles. The number of amides is 2. The first-order valence-electron chi connectivity index (χ1n) is 9.07. The van der Waals surface area contributed by atoms with Gasteiger partial charge in [-0.05, 0) is 38.5 Å². The van der Waals surface area contributed by atoms with Crippen molar-refractivity contribution < 1.29 is 14.3 Å². The standard InChI is InChI=1S/C18H34N2O3/c1-13(2)23-12-6-11-19-17(21)9-10-18(22)20-16-8-5-7-14(3)15(16)4/h13-16H,5-12H2,1-4H3,(H,19,21)(H,20,22). The van der Waals surface area contributed by atoms with Crippen molar-refractivity contribution in [3.8, 4) is 0 Å². The van der Waals surface area contributed by atoms with Crippen LogP contribution >= 0.6 is 0 Å². The molecule has 0 radical (unpaired) electrons. The molecule has 0 saturated heterocycles. The molecule has 3 unspecified atom stereocenters. The summed E-state index contributed by atoms with van der Waals surface area (Å²) in [6.07, 6.45) is 5.03. The summed E-state index contributed by atoms with van der Waals surface area (Å²) in [5.41, 5.74) is 0. The van der Waals surface area contributed by atoms with E-state index in [4.69, 9.17) is 4.74 Å². The maximum atomic E-state index is 12.0. The number of hydrogen-bond donors (Lipinski definition) is 2. The number of hydrogen-bond acceptors (Lipinski definition) is 3. The normalized spacial score (nSPS) is 24.5. The molecule has 1 saturated carbocycles. The second kappa shape index (κ2) is 10.6. The second-order valence-corrected chi connectivity index (χ2v) is 7.06. The molecule has 0 bridgehead atoms. The van der Waals surface area contributed by atoms with E-state index in [0.717, 1.165) is 12.8 Å². The molecule has 23 heavy (non-hydrogen) atoms. The largest absolute Gasteiger partial charge is 0.379 e. The van der Waals surface area contributed by atoms with Crippen molar-refractivity contribution in [3.63, 3.8) is 0 Å². The molecule has 5 heteroatoms. The maximum Gasteiger partial charge on any atom is 0.220 e. The number of carbonyl (C=O) groups is 2. The van der Waals surface area contributed by atoms with Gasteiger partial charge in [0, 0.05) is 32.0 Å². The molecule has 0 spiro atoms. The predicted octanol–water partition coefficient (Wildman–Crippen LogP) is 2.64. The smallest absolute Gasteiger partial charge is 0.220 e. The van der Waals surface area contributed by atoms with Crippen molar-refractivity contribution >= 4 is 11.8 Å². The highest BCUT2D eigenvalue weighted by Gasteiger charge is 2.27. The van der Waals surface area contributed by atoms with E-state index >= 15 is 0 Å². The van der Waals surface area contributed by atoms with Crippen LogP contribution in [0.2, 0.25) is 0 Å². The van der Waals surface area contributed by atoms with E-state index in [2.05, 4.69) is 24.5 Å². The molecule has 0 aromatic heterocycles. The van der Waals surface area contributed by atoms with Gasteiger partial charge in [0.05, 0.1) is 6.10 Å². The van der Waals surface area contributed by atoms with Gasteiger partial charge in [-0.25, -0.2) is 0 Å². The molecular weight excluding hydrogens is 292 g/mol. The second-order valence-electron chi connectivity index (χ2n) is 7.06. The Labute approximate surface area is 140 Å².